The molecule has 0 radical (unpaired) electrons. The van der Waals surface area contributed by atoms with Crippen LogP contribution in [0.3, 0.4) is 0 Å². The van der Waals surface area contributed by atoms with Gasteiger partial charge in [0.1, 0.15) is 5.75 Å². The van der Waals surface area contributed by atoms with E-state index in [1.54, 1.807) is 18.2 Å². The maximum atomic E-state index is 12.4. The Morgan fingerprint density at radius 3 is 2.65 bits per heavy atom. The van der Waals surface area contributed by atoms with Crippen molar-refractivity contribution in [3.8, 4) is 5.75 Å². The number of hydrogen-bond acceptors (Lipinski definition) is 4. The van der Waals surface area contributed by atoms with Gasteiger partial charge in [-0.1, -0.05) is 25.1 Å². The van der Waals surface area contributed by atoms with Gasteiger partial charge in [-0.3, -0.25) is 9.69 Å². The third-order valence-electron chi connectivity index (χ3n) is 4.34. The Kier molecular flexibility index (Phi) is 7.14. The van der Waals surface area contributed by atoms with Gasteiger partial charge in [0.25, 0.3) is 0 Å². The molecule has 2 amide bonds. The van der Waals surface area contributed by atoms with Crippen molar-refractivity contribution in [1.29, 1.82) is 0 Å². The lowest BCUT2D eigenvalue weighted by molar-refractivity contribution is -0.139. The molecule has 2 rings (SSSR count). The Hall–Kier alpha value is -2.42. The van der Waals surface area contributed by atoms with E-state index in [0.717, 1.165) is 0 Å². The molecule has 1 aromatic carbocycles. The fourth-order valence-corrected chi connectivity index (χ4v) is 2.95. The van der Waals surface area contributed by atoms with Gasteiger partial charge in [-0.2, -0.15) is 8.78 Å². The van der Waals surface area contributed by atoms with Crippen LogP contribution >= 0.6 is 0 Å². The molecule has 0 bridgehead atoms. The number of halogens is 2. The number of para-hydroxylation sites is 1. The molecule has 0 unspecified atom stereocenters. The highest BCUT2D eigenvalue weighted by Crippen LogP contribution is 2.25. The minimum atomic E-state index is -2.93. The van der Waals surface area contributed by atoms with Gasteiger partial charge in [0.2, 0.25) is 0 Å². The summed E-state index contributed by atoms with van der Waals surface area (Å²) < 4.78 is 29.2. The van der Waals surface area contributed by atoms with Gasteiger partial charge in [0.15, 0.2) is 0 Å². The summed E-state index contributed by atoms with van der Waals surface area (Å²) in [5.41, 5.74) is 0.452. The monoisotopic (exact) mass is 371 g/mol. The molecule has 0 aromatic heterocycles. The van der Waals surface area contributed by atoms with Crippen LogP contribution in [0.15, 0.2) is 24.3 Å². The number of alkyl halides is 2. The number of hydrogen-bond donors (Lipinski definition) is 3. The van der Waals surface area contributed by atoms with Crippen LogP contribution in [0.2, 0.25) is 0 Å². The lowest BCUT2D eigenvalue weighted by Gasteiger charge is -2.42. The number of carbonyl (C=O) groups is 2. The predicted molar refractivity (Wildman–Crippen MR) is 90.1 cm³/mol. The second-order valence-electron chi connectivity index (χ2n) is 6.09. The Morgan fingerprint density at radius 2 is 2.04 bits per heavy atom. The summed E-state index contributed by atoms with van der Waals surface area (Å²) in [6, 6.07) is 5.97. The molecule has 1 saturated carbocycles. The number of benzene rings is 1. The van der Waals surface area contributed by atoms with Crippen LogP contribution in [0.5, 0.6) is 5.75 Å². The van der Waals surface area contributed by atoms with Crippen molar-refractivity contribution in [1.82, 2.24) is 15.5 Å². The fourth-order valence-electron chi connectivity index (χ4n) is 2.95. The number of nitrogens with zero attached hydrogens (tertiary/aromatic N) is 1. The Labute approximate surface area is 150 Å². The van der Waals surface area contributed by atoms with E-state index in [4.69, 9.17) is 5.11 Å². The molecule has 1 fully saturated rings. The summed E-state index contributed by atoms with van der Waals surface area (Å²) in [6.45, 7) is -0.345. The van der Waals surface area contributed by atoms with E-state index in [1.165, 1.54) is 6.07 Å². The number of nitrogens with one attached hydrogen (secondary N) is 2. The molecule has 1 aliphatic carbocycles. The van der Waals surface area contributed by atoms with Gasteiger partial charge in [-0.15, -0.1) is 0 Å². The molecule has 9 heteroatoms. The first-order valence-corrected chi connectivity index (χ1v) is 8.42. The van der Waals surface area contributed by atoms with Crippen LogP contribution in [0.25, 0.3) is 0 Å². The number of carbonyl (C=O) groups excluding carboxylic acids is 1. The molecule has 0 saturated heterocycles. The van der Waals surface area contributed by atoms with Crippen LogP contribution in [0, 0.1) is 0 Å². The van der Waals surface area contributed by atoms with Gasteiger partial charge in [-0.05, 0) is 25.5 Å². The van der Waals surface area contributed by atoms with Crippen LogP contribution in [0.1, 0.15) is 25.3 Å². The molecule has 26 heavy (non-hydrogen) atoms. The van der Waals surface area contributed by atoms with Crippen molar-refractivity contribution >= 4 is 12.0 Å². The van der Waals surface area contributed by atoms with Crippen molar-refractivity contribution in [2.45, 2.75) is 45.0 Å². The molecule has 1 aliphatic rings. The van der Waals surface area contributed by atoms with E-state index in [1.807, 2.05) is 11.8 Å². The number of carboxylic acid groups (broad SMARTS) is 1. The molecule has 0 heterocycles. The van der Waals surface area contributed by atoms with E-state index >= 15 is 0 Å². The molecule has 7 nitrogen and oxygen atoms in total. The van der Waals surface area contributed by atoms with Crippen molar-refractivity contribution in [3.63, 3.8) is 0 Å². The van der Waals surface area contributed by atoms with Gasteiger partial charge < -0.3 is 20.5 Å². The number of aliphatic carboxylic acids is 1. The maximum absolute atomic E-state index is 12.4. The first-order valence-electron chi connectivity index (χ1n) is 8.42. The zero-order valence-corrected chi connectivity index (χ0v) is 14.5. The molecular weight excluding hydrogens is 348 g/mol. The summed E-state index contributed by atoms with van der Waals surface area (Å²) in [5.74, 6) is -0.843. The minimum Gasteiger partial charge on any atom is -0.480 e. The average Bonchev–Trinajstić information content (AvgIpc) is 2.54. The second kappa shape index (κ2) is 9.33. The van der Waals surface area contributed by atoms with Gasteiger partial charge in [0.05, 0.1) is 6.54 Å². The van der Waals surface area contributed by atoms with Crippen molar-refractivity contribution in [3.05, 3.63) is 29.8 Å². The number of urea groups is 1. The second-order valence-corrected chi connectivity index (χ2v) is 6.09. The van der Waals surface area contributed by atoms with E-state index < -0.39 is 18.6 Å². The van der Waals surface area contributed by atoms with Crippen molar-refractivity contribution < 1.29 is 28.2 Å². The maximum Gasteiger partial charge on any atom is 0.387 e. The van der Waals surface area contributed by atoms with Gasteiger partial charge in [-0.25, -0.2) is 4.79 Å². The molecule has 0 spiro atoms. The molecular formula is C17H23F2N3O4. The number of amides is 2. The Bertz CT molecular complexity index is 624. The molecule has 0 aliphatic heterocycles. The zero-order chi connectivity index (χ0) is 19.1. The highest BCUT2D eigenvalue weighted by molar-refractivity contribution is 5.74. The summed E-state index contributed by atoms with van der Waals surface area (Å²) in [5, 5.41) is 14.3. The highest BCUT2D eigenvalue weighted by Gasteiger charge is 2.34. The summed E-state index contributed by atoms with van der Waals surface area (Å²) in [7, 11) is 0. The Morgan fingerprint density at radius 1 is 1.35 bits per heavy atom. The summed E-state index contributed by atoms with van der Waals surface area (Å²) in [6.07, 6.45) is 1.36. The largest absolute Gasteiger partial charge is 0.480 e. The Balaban J connectivity index is 1.75. The minimum absolute atomic E-state index is 0.0129. The lowest BCUT2D eigenvalue weighted by atomic mass is 9.85. The topological polar surface area (TPSA) is 90.9 Å². The van der Waals surface area contributed by atoms with Crippen molar-refractivity contribution in [2.75, 3.05) is 13.1 Å². The van der Waals surface area contributed by atoms with E-state index in [2.05, 4.69) is 15.4 Å². The van der Waals surface area contributed by atoms with Crippen LogP contribution < -0.4 is 15.4 Å². The third-order valence-corrected chi connectivity index (χ3v) is 4.34. The normalized spacial score (nSPS) is 19.1. The smallest absolute Gasteiger partial charge is 0.387 e. The quantitative estimate of drug-likeness (QED) is 0.618. The first kappa shape index (κ1) is 19.9. The average molecular weight is 371 g/mol. The third kappa shape index (κ3) is 5.83. The van der Waals surface area contributed by atoms with Crippen molar-refractivity contribution in [2.24, 2.45) is 0 Å². The molecule has 0 atom stereocenters. The fraction of sp³-hybridized carbons (Fsp3) is 0.529. The lowest BCUT2D eigenvalue weighted by Crippen LogP contribution is -2.56. The standard InChI is InChI=1S/C17H23F2N3O4/c1-2-22(10-15(23)24)13-7-12(8-13)21-17(25)20-9-11-5-3-4-6-14(11)26-16(18)19/h3-6,12-13,16H,2,7-10H2,1H3,(H,23,24)(H2,20,21,25). The summed E-state index contributed by atoms with van der Waals surface area (Å²) in [4.78, 5) is 24.6. The van der Waals surface area contributed by atoms with E-state index in [0.29, 0.717) is 24.9 Å². The zero-order valence-electron chi connectivity index (χ0n) is 14.5. The summed E-state index contributed by atoms with van der Waals surface area (Å²) >= 11 is 0. The number of carboxylic acids is 1. The molecule has 3 N–H and O–H groups in total. The molecule has 144 valence electrons. The number of likely N-dealkylation sites (N-methyl/N-ethyl adjacent to an activating group) is 1. The van der Waals surface area contributed by atoms with E-state index in [9.17, 15) is 18.4 Å². The first-order chi connectivity index (χ1) is 12.4. The van der Waals surface area contributed by atoms with Crippen LogP contribution in [0.4, 0.5) is 13.6 Å². The SMILES string of the molecule is CCN(CC(=O)O)C1CC(NC(=O)NCc2ccccc2OC(F)F)C1. The number of rotatable bonds is 9. The highest BCUT2D eigenvalue weighted by atomic mass is 19.3. The van der Waals surface area contributed by atoms with Crippen LogP contribution in [-0.4, -0.2) is 53.8 Å². The van der Waals surface area contributed by atoms with E-state index in [-0.39, 0.29) is 30.9 Å². The van der Waals surface area contributed by atoms with Crippen LogP contribution in [-0.2, 0) is 11.3 Å². The number of ether oxygens (including phenoxy) is 1. The van der Waals surface area contributed by atoms with Gasteiger partial charge in [0, 0.05) is 24.2 Å². The molecule has 1 aromatic rings. The van der Waals surface area contributed by atoms with Gasteiger partial charge >= 0.3 is 18.6 Å². The predicted octanol–water partition coefficient (Wildman–Crippen LogP) is 2.02.